The van der Waals surface area contributed by atoms with Gasteiger partial charge in [0.15, 0.2) is 11.5 Å². The number of benzene rings is 1. The molecule has 142 valence electrons. The first kappa shape index (κ1) is 17.7. The van der Waals surface area contributed by atoms with Crippen molar-refractivity contribution in [2.24, 2.45) is 5.92 Å². The summed E-state index contributed by atoms with van der Waals surface area (Å²) in [7, 11) is 0. The molecule has 3 aliphatic rings. The van der Waals surface area contributed by atoms with Gasteiger partial charge in [-0.15, -0.1) is 0 Å². The molecule has 0 spiro atoms. The van der Waals surface area contributed by atoms with E-state index in [0.717, 1.165) is 37.3 Å². The Morgan fingerprint density at radius 2 is 1.92 bits per heavy atom. The molecule has 4 rings (SSSR count). The van der Waals surface area contributed by atoms with Crippen LogP contribution >= 0.6 is 0 Å². The number of nitrogens with zero attached hydrogens (tertiary/aromatic N) is 1. The first-order valence-electron chi connectivity index (χ1n) is 10.1. The summed E-state index contributed by atoms with van der Waals surface area (Å²) in [5.74, 6) is 2.43. The maximum Gasteiger partial charge on any atom is 0.234 e. The van der Waals surface area contributed by atoms with E-state index in [1.54, 1.807) is 0 Å². The second kappa shape index (κ2) is 7.87. The number of rotatable bonds is 4. The predicted octanol–water partition coefficient (Wildman–Crippen LogP) is 3.29. The molecule has 5 nitrogen and oxygen atoms in total. The van der Waals surface area contributed by atoms with Crippen LogP contribution in [0.25, 0.3) is 0 Å². The zero-order chi connectivity index (χ0) is 17.9. The van der Waals surface area contributed by atoms with Gasteiger partial charge in [0.1, 0.15) is 13.2 Å². The van der Waals surface area contributed by atoms with Crippen molar-refractivity contribution >= 4 is 5.91 Å². The highest BCUT2D eigenvalue weighted by Gasteiger charge is 2.30. The molecule has 1 aromatic rings. The van der Waals surface area contributed by atoms with Gasteiger partial charge in [-0.1, -0.05) is 25.8 Å². The van der Waals surface area contributed by atoms with Crippen LogP contribution in [0.2, 0.25) is 0 Å². The molecule has 1 N–H and O–H groups in total. The van der Waals surface area contributed by atoms with Crippen molar-refractivity contribution in [3.8, 4) is 11.5 Å². The van der Waals surface area contributed by atoms with Gasteiger partial charge in [0, 0.05) is 12.1 Å². The second-order valence-corrected chi connectivity index (χ2v) is 7.97. The van der Waals surface area contributed by atoms with Crippen molar-refractivity contribution in [2.75, 3.05) is 26.3 Å². The Morgan fingerprint density at radius 1 is 1.12 bits per heavy atom. The number of hydrogen-bond donors (Lipinski definition) is 1. The number of hydrogen-bond acceptors (Lipinski definition) is 4. The number of fused-ring (bicyclic) bond motifs is 1. The minimum Gasteiger partial charge on any atom is -0.486 e. The second-order valence-electron chi connectivity index (χ2n) is 7.97. The third kappa shape index (κ3) is 3.83. The Balaban J connectivity index is 1.39. The van der Waals surface area contributed by atoms with E-state index in [-0.39, 0.29) is 5.91 Å². The minimum atomic E-state index is 0.174. The number of ether oxygens (including phenoxy) is 2. The van der Waals surface area contributed by atoms with Crippen LogP contribution in [0.15, 0.2) is 18.2 Å². The SMILES string of the molecule is C[C@H]1CCCC[C@@H]1NC(=O)CN1CCC[C@@H]1c1ccc2c(c1)OCCO2. The van der Waals surface area contributed by atoms with Crippen molar-refractivity contribution in [3.63, 3.8) is 0 Å². The van der Waals surface area contributed by atoms with Gasteiger partial charge in [0.2, 0.25) is 5.91 Å². The summed E-state index contributed by atoms with van der Waals surface area (Å²) >= 11 is 0. The van der Waals surface area contributed by atoms with E-state index >= 15 is 0 Å². The Morgan fingerprint density at radius 3 is 2.77 bits per heavy atom. The topological polar surface area (TPSA) is 50.8 Å². The van der Waals surface area contributed by atoms with Gasteiger partial charge in [-0.05, 0) is 55.8 Å². The fraction of sp³-hybridized carbons (Fsp3) is 0.667. The molecular weight excluding hydrogens is 328 g/mol. The summed E-state index contributed by atoms with van der Waals surface area (Å²) in [6.07, 6.45) is 7.11. The van der Waals surface area contributed by atoms with E-state index < -0.39 is 0 Å². The summed E-state index contributed by atoms with van der Waals surface area (Å²) < 4.78 is 11.4. The first-order chi connectivity index (χ1) is 12.7. The maximum absolute atomic E-state index is 12.6. The molecule has 1 saturated heterocycles. The molecule has 2 heterocycles. The third-order valence-corrected chi connectivity index (χ3v) is 6.12. The van der Waals surface area contributed by atoms with E-state index in [1.165, 1.54) is 24.8 Å². The van der Waals surface area contributed by atoms with Gasteiger partial charge in [0.25, 0.3) is 0 Å². The highest BCUT2D eigenvalue weighted by Crippen LogP contribution is 2.37. The Bertz CT molecular complexity index is 648. The fourth-order valence-electron chi connectivity index (χ4n) is 4.63. The summed E-state index contributed by atoms with van der Waals surface area (Å²) in [6, 6.07) is 6.87. The predicted molar refractivity (Wildman–Crippen MR) is 101 cm³/mol. The standard InChI is InChI=1S/C21H30N2O3/c1-15-5-2-3-6-17(15)22-21(24)14-23-10-4-7-18(23)16-8-9-19-20(13-16)26-12-11-25-19/h8-9,13,15,17-18H,2-7,10-12,14H2,1H3,(H,22,24)/t15-,17-,18+/m0/s1. The van der Waals surface area contributed by atoms with Crippen LogP contribution in [-0.2, 0) is 4.79 Å². The molecule has 5 heteroatoms. The van der Waals surface area contributed by atoms with Gasteiger partial charge in [-0.3, -0.25) is 9.69 Å². The highest BCUT2D eigenvalue weighted by molar-refractivity contribution is 5.78. The molecular formula is C21H30N2O3. The van der Waals surface area contributed by atoms with Crippen LogP contribution in [0.4, 0.5) is 0 Å². The van der Waals surface area contributed by atoms with Crippen molar-refractivity contribution < 1.29 is 14.3 Å². The Labute approximate surface area is 156 Å². The van der Waals surface area contributed by atoms with Crippen LogP contribution in [0.5, 0.6) is 11.5 Å². The lowest BCUT2D eigenvalue weighted by molar-refractivity contribution is -0.123. The van der Waals surface area contributed by atoms with Crippen molar-refractivity contribution in [3.05, 3.63) is 23.8 Å². The van der Waals surface area contributed by atoms with E-state index in [9.17, 15) is 4.79 Å². The van der Waals surface area contributed by atoms with Gasteiger partial charge >= 0.3 is 0 Å². The molecule has 0 bridgehead atoms. The molecule has 0 radical (unpaired) electrons. The van der Waals surface area contributed by atoms with Crippen LogP contribution in [0, 0.1) is 5.92 Å². The maximum atomic E-state index is 12.6. The number of carbonyl (C=O) groups excluding carboxylic acids is 1. The molecule has 1 aliphatic carbocycles. The summed E-state index contributed by atoms with van der Waals surface area (Å²) in [5.41, 5.74) is 1.23. The normalized spacial score (nSPS) is 28.7. The van der Waals surface area contributed by atoms with Crippen LogP contribution < -0.4 is 14.8 Å². The van der Waals surface area contributed by atoms with Gasteiger partial charge < -0.3 is 14.8 Å². The van der Waals surface area contributed by atoms with E-state index in [1.807, 2.05) is 6.07 Å². The zero-order valence-corrected chi connectivity index (χ0v) is 15.7. The van der Waals surface area contributed by atoms with E-state index in [4.69, 9.17) is 9.47 Å². The first-order valence-corrected chi connectivity index (χ1v) is 10.1. The van der Waals surface area contributed by atoms with Crippen molar-refractivity contribution in [1.82, 2.24) is 10.2 Å². The minimum absolute atomic E-state index is 0.174. The molecule has 2 aliphatic heterocycles. The molecule has 1 amide bonds. The third-order valence-electron chi connectivity index (χ3n) is 6.12. The van der Waals surface area contributed by atoms with Crippen molar-refractivity contribution in [2.45, 2.75) is 57.5 Å². The molecule has 0 unspecified atom stereocenters. The summed E-state index contributed by atoms with van der Waals surface area (Å²) in [6.45, 7) is 4.95. The molecule has 3 atom stereocenters. The van der Waals surface area contributed by atoms with Crippen LogP contribution in [0.1, 0.15) is 57.1 Å². The smallest absolute Gasteiger partial charge is 0.234 e. The number of amides is 1. The lowest BCUT2D eigenvalue weighted by Gasteiger charge is -2.31. The molecule has 2 fully saturated rings. The van der Waals surface area contributed by atoms with Gasteiger partial charge in [-0.25, -0.2) is 0 Å². The molecule has 0 aromatic heterocycles. The average Bonchev–Trinajstić information content (AvgIpc) is 3.11. The number of nitrogens with one attached hydrogen (secondary N) is 1. The van der Waals surface area contributed by atoms with Crippen LogP contribution in [-0.4, -0.2) is 43.2 Å². The lowest BCUT2D eigenvalue weighted by atomic mass is 9.86. The summed E-state index contributed by atoms with van der Waals surface area (Å²) in [4.78, 5) is 14.9. The van der Waals surface area contributed by atoms with E-state index in [0.29, 0.717) is 37.8 Å². The quantitative estimate of drug-likeness (QED) is 0.897. The molecule has 26 heavy (non-hydrogen) atoms. The highest BCUT2D eigenvalue weighted by atomic mass is 16.6. The average molecular weight is 358 g/mol. The fourth-order valence-corrected chi connectivity index (χ4v) is 4.63. The number of likely N-dealkylation sites (tertiary alicyclic amines) is 1. The van der Waals surface area contributed by atoms with Gasteiger partial charge in [-0.2, -0.15) is 0 Å². The largest absolute Gasteiger partial charge is 0.486 e. The molecule has 1 saturated carbocycles. The van der Waals surface area contributed by atoms with Crippen LogP contribution in [0.3, 0.4) is 0 Å². The summed E-state index contributed by atoms with van der Waals surface area (Å²) in [5, 5.41) is 3.29. The molecule has 1 aromatic carbocycles. The monoisotopic (exact) mass is 358 g/mol. The zero-order valence-electron chi connectivity index (χ0n) is 15.7. The number of carbonyl (C=O) groups is 1. The lowest BCUT2D eigenvalue weighted by Crippen LogP contribution is -2.45. The van der Waals surface area contributed by atoms with Gasteiger partial charge in [0.05, 0.1) is 6.54 Å². The van der Waals surface area contributed by atoms with E-state index in [2.05, 4.69) is 29.3 Å². The van der Waals surface area contributed by atoms with Crippen molar-refractivity contribution in [1.29, 1.82) is 0 Å². The Hall–Kier alpha value is -1.75. The Kier molecular flexibility index (Phi) is 5.34.